The fourth-order valence-corrected chi connectivity index (χ4v) is 3.51. The third-order valence-electron chi connectivity index (χ3n) is 3.97. The van der Waals surface area contributed by atoms with Crippen LogP contribution in [0.3, 0.4) is 0 Å². The van der Waals surface area contributed by atoms with Gasteiger partial charge in [0, 0.05) is 23.3 Å². The summed E-state index contributed by atoms with van der Waals surface area (Å²) >= 11 is 6.13. The quantitative estimate of drug-likeness (QED) is 0.582. The van der Waals surface area contributed by atoms with Crippen molar-refractivity contribution in [2.24, 2.45) is 0 Å². The van der Waals surface area contributed by atoms with Crippen LogP contribution in [-0.2, 0) is 16.4 Å². The van der Waals surface area contributed by atoms with Gasteiger partial charge in [-0.2, -0.15) is 0 Å². The Balaban J connectivity index is 1.70. The number of hydrogen-bond acceptors (Lipinski definition) is 5. The Morgan fingerprint density at radius 3 is 2.52 bits per heavy atom. The van der Waals surface area contributed by atoms with Crippen LogP contribution >= 0.6 is 11.6 Å². The van der Waals surface area contributed by atoms with Gasteiger partial charge in [-0.05, 0) is 48.4 Å². The lowest BCUT2D eigenvalue weighted by Gasteiger charge is -2.12. The summed E-state index contributed by atoms with van der Waals surface area (Å²) < 4.78 is 30.2. The Morgan fingerprint density at radius 1 is 1.11 bits per heavy atom. The molecule has 1 heterocycles. The van der Waals surface area contributed by atoms with Crippen LogP contribution in [0.4, 0.5) is 11.4 Å². The maximum atomic E-state index is 11.2. The number of fused-ring (bicyclic) bond motifs is 1. The van der Waals surface area contributed by atoms with E-state index < -0.39 is 10.0 Å². The highest BCUT2D eigenvalue weighted by Crippen LogP contribution is 2.28. The molecule has 0 saturated carbocycles. The van der Waals surface area contributed by atoms with Gasteiger partial charge in [0.05, 0.1) is 18.9 Å². The van der Waals surface area contributed by atoms with E-state index in [1.54, 1.807) is 25.3 Å². The van der Waals surface area contributed by atoms with E-state index in [4.69, 9.17) is 16.3 Å². The Bertz CT molecular complexity index is 1050. The van der Waals surface area contributed by atoms with Crippen molar-refractivity contribution >= 4 is 43.9 Å². The number of ether oxygens (including phenoxy) is 1. The normalized spacial score (nSPS) is 11.4. The van der Waals surface area contributed by atoms with Gasteiger partial charge < -0.3 is 10.1 Å². The third kappa shape index (κ3) is 5.24. The fourth-order valence-electron chi connectivity index (χ4n) is 2.74. The van der Waals surface area contributed by atoms with E-state index in [0.717, 1.165) is 40.6 Å². The van der Waals surface area contributed by atoms with Gasteiger partial charge in [-0.3, -0.25) is 4.72 Å². The van der Waals surface area contributed by atoms with Crippen LogP contribution in [0.15, 0.2) is 48.5 Å². The summed E-state index contributed by atoms with van der Waals surface area (Å²) in [6, 6.07) is 14.7. The summed E-state index contributed by atoms with van der Waals surface area (Å²) in [7, 11) is -1.64. The number of halogens is 1. The summed E-state index contributed by atoms with van der Waals surface area (Å²) in [6.45, 7) is 0.686. The highest BCUT2D eigenvalue weighted by molar-refractivity contribution is 7.92. The predicted molar refractivity (Wildman–Crippen MR) is 110 cm³/mol. The molecule has 0 aliphatic carbocycles. The molecular weight excluding hydrogens is 386 g/mol. The molecule has 0 aliphatic heterocycles. The van der Waals surface area contributed by atoms with Crippen LogP contribution in [0, 0.1) is 0 Å². The van der Waals surface area contributed by atoms with Gasteiger partial charge in [-0.25, -0.2) is 13.4 Å². The summed E-state index contributed by atoms with van der Waals surface area (Å²) in [4.78, 5) is 4.33. The SMILES string of the molecule is COc1ccc2nc(Cl)cc(NCCc3ccc(NS(C)(=O)=O)cc3)c2c1. The number of benzene rings is 2. The Kier molecular flexibility index (Phi) is 5.72. The van der Waals surface area contributed by atoms with Crippen molar-refractivity contribution in [2.45, 2.75) is 6.42 Å². The molecule has 3 rings (SSSR count). The number of nitrogens with zero attached hydrogens (tertiary/aromatic N) is 1. The molecule has 0 radical (unpaired) electrons. The van der Waals surface area contributed by atoms with Crippen molar-refractivity contribution in [3.05, 3.63) is 59.2 Å². The zero-order valence-corrected chi connectivity index (χ0v) is 16.6. The van der Waals surface area contributed by atoms with Gasteiger partial charge in [-0.1, -0.05) is 23.7 Å². The van der Waals surface area contributed by atoms with Gasteiger partial charge in [0.2, 0.25) is 10.0 Å². The first kappa shape index (κ1) is 19.3. The molecule has 0 saturated heterocycles. The van der Waals surface area contributed by atoms with Gasteiger partial charge >= 0.3 is 0 Å². The van der Waals surface area contributed by atoms with Crippen molar-refractivity contribution in [3.8, 4) is 5.75 Å². The molecule has 0 spiro atoms. The average molecular weight is 406 g/mol. The first-order valence-electron chi connectivity index (χ1n) is 8.29. The summed E-state index contributed by atoms with van der Waals surface area (Å²) in [5.74, 6) is 0.753. The van der Waals surface area contributed by atoms with E-state index in [9.17, 15) is 8.42 Å². The lowest BCUT2D eigenvalue weighted by molar-refractivity contribution is 0.415. The molecule has 142 valence electrons. The monoisotopic (exact) mass is 405 g/mol. The van der Waals surface area contributed by atoms with Crippen LogP contribution in [0.1, 0.15) is 5.56 Å². The Labute approximate surface area is 163 Å². The van der Waals surface area contributed by atoms with Crippen molar-refractivity contribution in [1.82, 2.24) is 4.98 Å². The zero-order chi connectivity index (χ0) is 19.4. The van der Waals surface area contributed by atoms with E-state index in [1.807, 2.05) is 30.3 Å². The van der Waals surface area contributed by atoms with Gasteiger partial charge in [0.25, 0.3) is 0 Å². The van der Waals surface area contributed by atoms with E-state index in [0.29, 0.717) is 17.4 Å². The summed E-state index contributed by atoms with van der Waals surface area (Å²) in [5.41, 5.74) is 3.32. The molecule has 27 heavy (non-hydrogen) atoms. The molecule has 0 bridgehead atoms. The second-order valence-electron chi connectivity index (χ2n) is 6.12. The molecule has 0 aliphatic rings. The lowest BCUT2D eigenvalue weighted by Crippen LogP contribution is -2.09. The molecule has 0 amide bonds. The number of anilines is 2. The van der Waals surface area contributed by atoms with Gasteiger partial charge in [0.15, 0.2) is 0 Å². The minimum absolute atomic E-state index is 0.423. The second kappa shape index (κ2) is 8.02. The van der Waals surface area contributed by atoms with Crippen molar-refractivity contribution in [2.75, 3.05) is 29.9 Å². The predicted octanol–water partition coefficient (Wildman–Crippen LogP) is 3.92. The van der Waals surface area contributed by atoms with E-state index >= 15 is 0 Å². The standard InChI is InChI=1S/C19H20ClN3O3S/c1-26-15-7-8-17-16(11-15)18(12-19(20)22-17)21-10-9-13-3-5-14(6-4-13)23-27(2,24)25/h3-8,11-12,23H,9-10H2,1-2H3,(H,21,22). The largest absolute Gasteiger partial charge is 0.497 e. The molecule has 0 unspecified atom stereocenters. The first-order valence-corrected chi connectivity index (χ1v) is 10.6. The molecule has 1 aromatic heterocycles. The van der Waals surface area contributed by atoms with Crippen molar-refractivity contribution < 1.29 is 13.2 Å². The van der Waals surface area contributed by atoms with Crippen LogP contribution in [-0.4, -0.2) is 33.3 Å². The van der Waals surface area contributed by atoms with Gasteiger partial charge in [0.1, 0.15) is 10.9 Å². The van der Waals surface area contributed by atoms with Gasteiger partial charge in [-0.15, -0.1) is 0 Å². The molecule has 2 N–H and O–H groups in total. The van der Waals surface area contributed by atoms with Crippen molar-refractivity contribution in [3.63, 3.8) is 0 Å². The van der Waals surface area contributed by atoms with E-state index in [2.05, 4.69) is 15.0 Å². The van der Waals surface area contributed by atoms with E-state index in [1.165, 1.54) is 0 Å². The Morgan fingerprint density at radius 2 is 1.85 bits per heavy atom. The number of methoxy groups -OCH3 is 1. The third-order valence-corrected chi connectivity index (χ3v) is 4.77. The van der Waals surface area contributed by atoms with E-state index in [-0.39, 0.29) is 0 Å². The smallest absolute Gasteiger partial charge is 0.229 e. The summed E-state index contributed by atoms with van der Waals surface area (Å²) in [6.07, 6.45) is 1.90. The Hall–Kier alpha value is -2.51. The summed E-state index contributed by atoms with van der Waals surface area (Å²) in [5, 5.41) is 4.75. The van der Waals surface area contributed by atoms with Crippen LogP contribution in [0.5, 0.6) is 5.75 Å². The number of sulfonamides is 1. The highest BCUT2D eigenvalue weighted by Gasteiger charge is 2.07. The van der Waals surface area contributed by atoms with Crippen LogP contribution in [0.25, 0.3) is 10.9 Å². The maximum absolute atomic E-state index is 11.2. The minimum atomic E-state index is -3.26. The fraction of sp³-hybridized carbons (Fsp3) is 0.211. The average Bonchev–Trinajstić information content (AvgIpc) is 2.61. The molecule has 0 fully saturated rings. The zero-order valence-electron chi connectivity index (χ0n) is 15.0. The molecule has 3 aromatic rings. The number of pyridine rings is 1. The van der Waals surface area contributed by atoms with Crippen LogP contribution in [0.2, 0.25) is 5.15 Å². The maximum Gasteiger partial charge on any atom is 0.229 e. The number of aromatic nitrogens is 1. The van der Waals surface area contributed by atoms with Crippen LogP contribution < -0.4 is 14.8 Å². The lowest BCUT2D eigenvalue weighted by atomic mass is 10.1. The molecule has 6 nitrogen and oxygen atoms in total. The second-order valence-corrected chi connectivity index (χ2v) is 8.26. The highest BCUT2D eigenvalue weighted by atomic mass is 35.5. The minimum Gasteiger partial charge on any atom is -0.497 e. The number of nitrogens with one attached hydrogen (secondary N) is 2. The molecule has 2 aromatic carbocycles. The van der Waals surface area contributed by atoms with Crippen molar-refractivity contribution in [1.29, 1.82) is 0 Å². The molecule has 8 heteroatoms. The first-order chi connectivity index (χ1) is 12.8. The number of hydrogen-bond donors (Lipinski definition) is 2. The number of rotatable bonds is 7. The molecule has 0 atom stereocenters. The molecular formula is C19H20ClN3O3S. The topological polar surface area (TPSA) is 80.3 Å².